The molecule has 1 aromatic rings. The molecule has 4 heteroatoms. The van der Waals surface area contributed by atoms with Crippen LogP contribution in [-0.2, 0) is 13.5 Å². The van der Waals surface area contributed by atoms with Crippen molar-refractivity contribution < 1.29 is 0 Å². The fourth-order valence-corrected chi connectivity index (χ4v) is 1.32. The predicted octanol–water partition coefficient (Wildman–Crippen LogP) is 0.992. The number of aryl methyl sites for hydroxylation is 1. The van der Waals surface area contributed by atoms with Crippen LogP contribution in [0.15, 0.2) is 4.60 Å². The third-order valence-corrected chi connectivity index (χ3v) is 2.75. The molecule has 0 atom stereocenters. The molecule has 0 aliphatic rings. The van der Waals surface area contributed by atoms with Gasteiger partial charge in [-0.25, -0.2) is 4.98 Å². The van der Waals surface area contributed by atoms with Crippen LogP contribution in [0.1, 0.15) is 11.5 Å². The van der Waals surface area contributed by atoms with Gasteiger partial charge in [-0.05, 0) is 29.4 Å². The molecule has 0 amide bonds. The third-order valence-electron chi connectivity index (χ3n) is 1.64. The van der Waals surface area contributed by atoms with E-state index in [4.69, 9.17) is 5.73 Å². The van der Waals surface area contributed by atoms with Gasteiger partial charge in [0, 0.05) is 13.5 Å². The molecule has 0 aliphatic heterocycles. The Labute approximate surface area is 74.7 Å². The molecule has 1 heterocycles. The van der Waals surface area contributed by atoms with E-state index in [0.717, 1.165) is 22.5 Å². The lowest BCUT2D eigenvalue weighted by molar-refractivity contribution is 0.767. The lowest BCUT2D eigenvalue weighted by Gasteiger charge is -1.98. The van der Waals surface area contributed by atoms with Crippen LogP contribution >= 0.6 is 15.9 Å². The average molecular weight is 218 g/mol. The van der Waals surface area contributed by atoms with Crippen LogP contribution in [0.2, 0.25) is 0 Å². The number of hydrogen-bond acceptors (Lipinski definition) is 2. The molecule has 1 aromatic heterocycles. The van der Waals surface area contributed by atoms with Crippen molar-refractivity contribution in [2.75, 3.05) is 6.54 Å². The van der Waals surface area contributed by atoms with Crippen LogP contribution in [0, 0.1) is 6.92 Å². The standard InChI is InChI=1S/C7H12BrN3/c1-5-7(8)11(2)6(10-5)3-4-9/h3-4,9H2,1-2H3. The zero-order valence-corrected chi connectivity index (χ0v) is 8.35. The largest absolute Gasteiger partial charge is 0.330 e. The molecule has 0 saturated heterocycles. The van der Waals surface area contributed by atoms with Gasteiger partial charge in [0.15, 0.2) is 0 Å². The lowest BCUT2D eigenvalue weighted by Crippen LogP contribution is -2.07. The summed E-state index contributed by atoms with van der Waals surface area (Å²) in [5.41, 5.74) is 6.44. The highest BCUT2D eigenvalue weighted by Gasteiger charge is 2.06. The molecule has 0 radical (unpaired) electrons. The molecule has 0 spiro atoms. The van der Waals surface area contributed by atoms with Crippen molar-refractivity contribution in [3.8, 4) is 0 Å². The van der Waals surface area contributed by atoms with E-state index in [1.807, 2.05) is 18.5 Å². The fourth-order valence-electron chi connectivity index (χ4n) is 1.02. The third kappa shape index (κ3) is 1.62. The minimum Gasteiger partial charge on any atom is -0.330 e. The molecule has 0 saturated carbocycles. The second-order valence-electron chi connectivity index (χ2n) is 2.50. The van der Waals surface area contributed by atoms with Gasteiger partial charge < -0.3 is 10.3 Å². The molecule has 2 N–H and O–H groups in total. The van der Waals surface area contributed by atoms with Crippen molar-refractivity contribution in [2.24, 2.45) is 12.8 Å². The van der Waals surface area contributed by atoms with Gasteiger partial charge >= 0.3 is 0 Å². The first kappa shape index (κ1) is 8.74. The Morgan fingerprint density at radius 1 is 1.64 bits per heavy atom. The van der Waals surface area contributed by atoms with Crippen LogP contribution in [0.3, 0.4) is 0 Å². The van der Waals surface area contributed by atoms with Gasteiger partial charge in [0.05, 0.1) is 5.69 Å². The summed E-state index contributed by atoms with van der Waals surface area (Å²) in [5, 5.41) is 0. The first-order valence-corrected chi connectivity index (χ1v) is 4.34. The van der Waals surface area contributed by atoms with E-state index in [0.29, 0.717) is 6.54 Å². The smallest absolute Gasteiger partial charge is 0.110 e. The van der Waals surface area contributed by atoms with Crippen LogP contribution in [0.4, 0.5) is 0 Å². The molecule has 3 nitrogen and oxygen atoms in total. The highest BCUT2D eigenvalue weighted by atomic mass is 79.9. The first-order valence-electron chi connectivity index (χ1n) is 3.54. The molecule has 1 rings (SSSR count). The maximum atomic E-state index is 5.42. The average Bonchev–Trinajstić information content (AvgIpc) is 2.19. The summed E-state index contributed by atoms with van der Waals surface area (Å²) in [6, 6.07) is 0. The number of rotatable bonds is 2. The van der Waals surface area contributed by atoms with Gasteiger partial charge in [0.1, 0.15) is 10.4 Å². The summed E-state index contributed by atoms with van der Waals surface area (Å²) in [6.45, 7) is 2.63. The molecule has 62 valence electrons. The summed E-state index contributed by atoms with van der Waals surface area (Å²) in [6.07, 6.45) is 0.836. The topological polar surface area (TPSA) is 43.8 Å². The van der Waals surface area contributed by atoms with Crippen molar-refractivity contribution >= 4 is 15.9 Å². The predicted molar refractivity (Wildman–Crippen MR) is 48.4 cm³/mol. The monoisotopic (exact) mass is 217 g/mol. The molecule has 0 fully saturated rings. The Hall–Kier alpha value is -0.350. The number of hydrogen-bond donors (Lipinski definition) is 1. The molecule has 0 unspecified atom stereocenters. The minimum atomic E-state index is 0.650. The summed E-state index contributed by atoms with van der Waals surface area (Å²) in [4.78, 5) is 4.34. The Bertz CT molecular complexity index is 254. The van der Waals surface area contributed by atoms with E-state index in [-0.39, 0.29) is 0 Å². The first-order chi connectivity index (χ1) is 5.16. The second-order valence-corrected chi connectivity index (χ2v) is 3.25. The number of halogens is 1. The van der Waals surface area contributed by atoms with Crippen LogP contribution in [-0.4, -0.2) is 16.1 Å². The maximum absolute atomic E-state index is 5.42. The van der Waals surface area contributed by atoms with Crippen LogP contribution in [0.25, 0.3) is 0 Å². The highest BCUT2D eigenvalue weighted by Crippen LogP contribution is 2.15. The summed E-state index contributed by atoms with van der Waals surface area (Å²) >= 11 is 3.43. The molecule has 0 bridgehead atoms. The Morgan fingerprint density at radius 2 is 2.27 bits per heavy atom. The van der Waals surface area contributed by atoms with E-state index in [9.17, 15) is 0 Å². The SMILES string of the molecule is Cc1nc(CCN)n(C)c1Br. The van der Waals surface area contributed by atoms with Crippen LogP contribution in [0.5, 0.6) is 0 Å². The van der Waals surface area contributed by atoms with E-state index in [1.54, 1.807) is 0 Å². The molecule has 11 heavy (non-hydrogen) atoms. The van der Waals surface area contributed by atoms with E-state index in [2.05, 4.69) is 20.9 Å². The second kappa shape index (κ2) is 3.36. The number of aromatic nitrogens is 2. The summed E-state index contributed by atoms with van der Waals surface area (Å²) in [5.74, 6) is 1.04. The molecule has 0 aliphatic carbocycles. The van der Waals surface area contributed by atoms with Gasteiger partial charge in [0.25, 0.3) is 0 Å². The molecular formula is C7H12BrN3. The summed E-state index contributed by atoms with van der Waals surface area (Å²) in [7, 11) is 1.98. The highest BCUT2D eigenvalue weighted by molar-refractivity contribution is 9.10. The normalized spacial score (nSPS) is 10.5. The quantitative estimate of drug-likeness (QED) is 0.804. The van der Waals surface area contributed by atoms with Gasteiger partial charge in [-0.3, -0.25) is 0 Å². The Balaban J connectivity index is 2.98. The van der Waals surface area contributed by atoms with Crippen molar-refractivity contribution in [1.29, 1.82) is 0 Å². The number of nitrogens with two attached hydrogens (primary N) is 1. The van der Waals surface area contributed by atoms with E-state index < -0.39 is 0 Å². The Kier molecular flexibility index (Phi) is 2.67. The van der Waals surface area contributed by atoms with E-state index >= 15 is 0 Å². The van der Waals surface area contributed by atoms with Crippen molar-refractivity contribution in [3.63, 3.8) is 0 Å². The van der Waals surface area contributed by atoms with Gasteiger partial charge in [-0.1, -0.05) is 0 Å². The number of imidazole rings is 1. The summed E-state index contributed by atoms with van der Waals surface area (Å²) < 4.78 is 3.06. The zero-order valence-electron chi connectivity index (χ0n) is 6.76. The minimum absolute atomic E-state index is 0.650. The van der Waals surface area contributed by atoms with Crippen molar-refractivity contribution in [1.82, 2.24) is 9.55 Å². The van der Waals surface area contributed by atoms with Gasteiger partial charge in [-0.2, -0.15) is 0 Å². The molecular weight excluding hydrogens is 206 g/mol. The van der Waals surface area contributed by atoms with E-state index in [1.165, 1.54) is 0 Å². The fraction of sp³-hybridized carbons (Fsp3) is 0.571. The number of nitrogens with zero attached hydrogens (tertiary/aromatic N) is 2. The van der Waals surface area contributed by atoms with Crippen molar-refractivity contribution in [3.05, 3.63) is 16.1 Å². The molecule has 0 aromatic carbocycles. The Morgan fingerprint density at radius 3 is 2.64 bits per heavy atom. The van der Waals surface area contributed by atoms with Gasteiger partial charge in [-0.15, -0.1) is 0 Å². The van der Waals surface area contributed by atoms with Crippen LogP contribution < -0.4 is 5.73 Å². The lowest BCUT2D eigenvalue weighted by atomic mass is 10.4. The van der Waals surface area contributed by atoms with Gasteiger partial charge in [0.2, 0.25) is 0 Å². The zero-order chi connectivity index (χ0) is 8.43. The maximum Gasteiger partial charge on any atom is 0.110 e. The van der Waals surface area contributed by atoms with Crippen molar-refractivity contribution in [2.45, 2.75) is 13.3 Å².